The number of thioether (sulfide) groups is 1. The normalized spacial score (nSPS) is 14.2. The largest absolute Gasteiger partial charge is 0.490 e. The number of benzene rings is 3. The first kappa shape index (κ1) is 26.9. The van der Waals surface area contributed by atoms with Gasteiger partial charge in [0.15, 0.2) is 15.8 Å². The Hall–Kier alpha value is -3.14. The number of aryl methyl sites for hydroxylation is 1. The van der Waals surface area contributed by atoms with Gasteiger partial charge in [0.05, 0.1) is 22.6 Å². The predicted molar refractivity (Wildman–Crippen MR) is 155 cm³/mol. The Balaban J connectivity index is 1.50. The van der Waals surface area contributed by atoms with Crippen LogP contribution in [0.15, 0.2) is 76.1 Å². The first-order valence-electron chi connectivity index (χ1n) is 11.6. The summed E-state index contributed by atoms with van der Waals surface area (Å²) < 4.78 is 12.9. The first-order valence-corrected chi connectivity index (χ1v) is 13.7. The van der Waals surface area contributed by atoms with Gasteiger partial charge in [0.1, 0.15) is 0 Å². The summed E-state index contributed by atoms with van der Waals surface area (Å²) in [5.74, 6) is 0.385. The molecular formula is C28H25BrN2O4S2. The Kier molecular flexibility index (Phi) is 9.02. The van der Waals surface area contributed by atoms with Crippen molar-refractivity contribution in [2.45, 2.75) is 20.3 Å². The van der Waals surface area contributed by atoms with Crippen LogP contribution in [-0.4, -0.2) is 34.4 Å². The fraction of sp³-hybridized carbons (Fsp3) is 0.179. The molecule has 6 nitrogen and oxygen atoms in total. The van der Waals surface area contributed by atoms with Crippen molar-refractivity contribution in [1.29, 1.82) is 0 Å². The van der Waals surface area contributed by atoms with Crippen LogP contribution in [0.25, 0.3) is 6.08 Å². The lowest BCUT2D eigenvalue weighted by Crippen LogP contribution is -2.45. The van der Waals surface area contributed by atoms with Crippen molar-refractivity contribution in [2.24, 2.45) is 0 Å². The van der Waals surface area contributed by atoms with Gasteiger partial charge in [-0.05, 0) is 83.0 Å². The number of halogens is 1. The van der Waals surface area contributed by atoms with E-state index in [-0.39, 0.29) is 4.32 Å². The van der Waals surface area contributed by atoms with Crippen molar-refractivity contribution in [2.75, 3.05) is 13.2 Å². The van der Waals surface area contributed by atoms with Crippen LogP contribution >= 0.6 is 39.9 Å². The number of amides is 2. The molecule has 0 bridgehead atoms. The monoisotopic (exact) mass is 596 g/mol. The molecule has 0 atom stereocenters. The van der Waals surface area contributed by atoms with Crippen LogP contribution < -0.4 is 14.9 Å². The Labute approximate surface area is 234 Å². The van der Waals surface area contributed by atoms with E-state index in [4.69, 9.17) is 21.7 Å². The molecule has 190 valence electrons. The maximum absolute atomic E-state index is 13.1. The lowest BCUT2D eigenvalue weighted by molar-refractivity contribution is -0.123. The quantitative estimate of drug-likeness (QED) is 0.230. The van der Waals surface area contributed by atoms with Gasteiger partial charge >= 0.3 is 0 Å². The van der Waals surface area contributed by atoms with Gasteiger partial charge in [-0.15, -0.1) is 0 Å². The second-order valence-electron chi connectivity index (χ2n) is 8.12. The highest BCUT2D eigenvalue weighted by Gasteiger charge is 2.34. The molecule has 3 aromatic carbocycles. The number of carbonyl (C=O) groups is 2. The third-order valence-electron chi connectivity index (χ3n) is 5.51. The van der Waals surface area contributed by atoms with Gasteiger partial charge < -0.3 is 9.47 Å². The number of thiocarbonyl (C=S) groups is 1. The van der Waals surface area contributed by atoms with Crippen LogP contribution in [0, 0.1) is 6.92 Å². The van der Waals surface area contributed by atoms with E-state index in [1.807, 2.05) is 56.3 Å². The molecule has 0 saturated carbocycles. The van der Waals surface area contributed by atoms with Crippen molar-refractivity contribution in [3.8, 4) is 11.5 Å². The third-order valence-corrected chi connectivity index (χ3v) is 7.40. The minimum atomic E-state index is -0.394. The third kappa shape index (κ3) is 6.60. The van der Waals surface area contributed by atoms with E-state index in [9.17, 15) is 9.59 Å². The zero-order chi connectivity index (χ0) is 26.4. The zero-order valence-corrected chi connectivity index (χ0v) is 23.5. The lowest BCUT2D eigenvalue weighted by atomic mass is 10.1. The number of hydrogen-bond acceptors (Lipinski definition) is 6. The fourth-order valence-electron chi connectivity index (χ4n) is 3.69. The van der Waals surface area contributed by atoms with Crippen molar-refractivity contribution in [3.63, 3.8) is 0 Å². The highest BCUT2D eigenvalue weighted by atomic mass is 79.9. The van der Waals surface area contributed by atoms with Crippen LogP contribution in [0.4, 0.5) is 0 Å². The van der Waals surface area contributed by atoms with Gasteiger partial charge in [-0.2, -0.15) is 5.01 Å². The number of carbonyl (C=O) groups excluding carboxylic acids is 2. The molecule has 1 fully saturated rings. The Morgan fingerprint density at radius 1 is 1.11 bits per heavy atom. The average molecular weight is 598 g/mol. The molecular weight excluding hydrogens is 572 g/mol. The molecule has 1 N–H and O–H groups in total. The number of nitrogens with one attached hydrogen (secondary N) is 1. The summed E-state index contributed by atoms with van der Waals surface area (Å²) in [6, 6.07) is 21.0. The second-order valence-corrected chi connectivity index (χ2v) is 10.7. The molecule has 3 aromatic rings. The number of ether oxygens (including phenoxy) is 2. The highest BCUT2D eigenvalue weighted by Crippen LogP contribution is 2.39. The highest BCUT2D eigenvalue weighted by molar-refractivity contribution is 9.10. The van der Waals surface area contributed by atoms with E-state index in [1.165, 1.54) is 5.56 Å². The molecule has 37 heavy (non-hydrogen) atoms. The maximum atomic E-state index is 13.1. The van der Waals surface area contributed by atoms with E-state index in [1.54, 1.807) is 18.2 Å². The van der Waals surface area contributed by atoms with E-state index in [2.05, 4.69) is 33.5 Å². The molecule has 9 heteroatoms. The second kappa shape index (κ2) is 12.4. The van der Waals surface area contributed by atoms with E-state index in [0.717, 1.165) is 34.3 Å². The summed E-state index contributed by atoms with van der Waals surface area (Å²) in [4.78, 5) is 26.2. The molecule has 1 saturated heterocycles. The molecule has 0 spiro atoms. The average Bonchev–Trinajstić information content (AvgIpc) is 3.14. The smallest absolute Gasteiger partial charge is 0.285 e. The Bertz CT molecular complexity index is 1360. The maximum Gasteiger partial charge on any atom is 0.285 e. The van der Waals surface area contributed by atoms with Gasteiger partial charge in [0.2, 0.25) is 0 Å². The molecule has 0 aliphatic carbocycles. The van der Waals surface area contributed by atoms with Gasteiger partial charge in [-0.3, -0.25) is 15.0 Å². The zero-order valence-electron chi connectivity index (χ0n) is 20.3. The number of rotatable bonds is 9. The van der Waals surface area contributed by atoms with Crippen LogP contribution in [0.1, 0.15) is 34.0 Å². The topological polar surface area (TPSA) is 67.9 Å². The van der Waals surface area contributed by atoms with Crippen molar-refractivity contribution < 1.29 is 19.1 Å². The Morgan fingerprint density at radius 2 is 1.84 bits per heavy atom. The van der Waals surface area contributed by atoms with Gasteiger partial charge in [-0.25, -0.2) is 0 Å². The Morgan fingerprint density at radius 3 is 2.57 bits per heavy atom. The molecule has 0 aromatic heterocycles. The molecule has 2 amide bonds. The van der Waals surface area contributed by atoms with Crippen LogP contribution in [0.5, 0.6) is 11.5 Å². The minimum Gasteiger partial charge on any atom is -0.490 e. The van der Waals surface area contributed by atoms with E-state index in [0.29, 0.717) is 39.7 Å². The summed E-state index contributed by atoms with van der Waals surface area (Å²) in [7, 11) is 0. The minimum absolute atomic E-state index is 0.253. The fourth-order valence-corrected chi connectivity index (χ4v) is 5.45. The molecule has 1 aliphatic rings. The van der Waals surface area contributed by atoms with Crippen molar-refractivity contribution in [3.05, 3.63) is 98.4 Å². The molecule has 0 radical (unpaired) electrons. The molecule has 4 rings (SSSR count). The van der Waals surface area contributed by atoms with E-state index >= 15 is 0 Å². The van der Waals surface area contributed by atoms with Crippen LogP contribution in [0.2, 0.25) is 0 Å². The number of hydrogen-bond donors (Lipinski definition) is 1. The SMILES string of the molecule is CCOc1cc(/C=C2\SC(=S)N(NC(=O)c3ccccc3C)C2=O)cc(Br)c1OCCc1ccccc1. The standard InChI is InChI=1S/C28H25BrN2O4S2/c1-3-34-23-16-20(15-22(29)25(23)35-14-13-19-10-5-4-6-11-19)17-24-27(33)31(28(36)37-24)30-26(32)21-12-8-7-9-18(21)2/h4-12,15-17H,3,13-14H2,1-2H3,(H,30,32)/b24-17-. The molecule has 1 aliphatic heterocycles. The van der Waals surface area contributed by atoms with Gasteiger partial charge in [0, 0.05) is 12.0 Å². The summed E-state index contributed by atoms with van der Waals surface area (Å²) >= 11 is 10.1. The van der Waals surface area contributed by atoms with Crippen LogP contribution in [0.3, 0.4) is 0 Å². The van der Waals surface area contributed by atoms with E-state index < -0.39 is 11.8 Å². The lowest BCUT2D eigenvalue weighted by Gasteiger charge is -2.16. The first-order chi connectivity index (χ1) is 17.9. The van der Waals surface area contributed by atoms with Gasteiger partial charge in [-0.1, -0.05) is 60.3 Å². The predicted octanol–water partition coefficient (Wildman–Crippen LogP) is 6.32. The summed E-state index contributed by atoms with van der Waals surface area (Å²) in [6.45, 7) is 4.68. The number of hydrazine groups is 1. The van der Waals surface area contributed by atoms with Gasteiger partial charge in [0.25, 0.3) is 11.8 Å². The number of nitrogens with zero attached hydrogens (tertiary/aromatic N) is 1. The molecule has 0 unspecified atom stereocenters. The summed E-state index contributed by atoms with van der Waals surface area (Å²) in [5.41, 5.74) is 5.83. The van der Waals surface area contributed by atoms with Crippen molar-refractivity contribution in [1.82, 2.24) is 10.4 Å². The molecule has 1 heterocycles. The van der Waals surface area contributed by atoms with Crippen LogP contribution in [-0.2, 0) is 11.2 Å². The summed E-state index contributed by atoms with van der Waals surface area (Å²) in [5, 5.41) is 1.11. The summed E-state index contributed by atoms with van der Waals surface area (Å²) in [6.07, 6.45) is 2.48. The van der Waals surface area contributed by atoms with Crippen molar-refractivity contribution >= 4 is 62.1 Å².